The van der Waals surface area contributed by atoms with E-state index >= 15 is 0 Å². The molecule has 1 aromatic carbocycles. The van der Waals surface area contributed by atoms with Crippen LogP contribution in [0.15, 0.2) is 24.3 Å². The summed E-state index contributed by atoms with van der Waals surface area (Å²) < 4.78 is 13.2. The molecule has 1 aromatic rings. The first kappa shape index (κ1) is 11.1. The summed E-state index contributed by atoms with van der Waals surface area (Å²) in [6.07, 6.45) is 0.320. The summed E-state index contributed by atoms with van der Waals surface area (Å²) in [4.78, 5) is 0. The van der Waals surface area contributed by atoms with Crippen LogP contribution in [0.4, 0.5) is 4.39 Å². The molecule has 0 spiro atoms. The van der Waals surface area contributed by atoms with E-state index in [2.05, 4.69) is 5.32 Å². The number of rotatable bonds is 4. The molecule has 0 aliphatic heterocycles. The fourth-order valence-corrected chi connectivity index (χ4v) is 1.50. The SMILES string of the molecule is CNCC(C)(O)Cc1ccccc1F. The van der Waals surface area contributed by atoms with Gasteiger partial charge in [0.05, 0.1) is 5.60 Å². The molecule has 3 heteroatoms. The van der Waals surface area contributed by atoms with Crippen molar-refractivity contribution in [1.82, 2.24) is 5.32 Å². The predicted molar refractivity (Wildman–Crippen MR) is 54.7 cm³/mol. The van der Waals surface area contributed by atoms with Crippen LogP contribution in [0.2, 0.25) is 0 Å². The summed E-state index contributed by atoms with van der Waals surface area (Å²) in [7, 11) is 1.76. The maximum atomic E-state index is 13.2. The number of halogens is 1. The van der Waals surface area contributed by atoms with Crippen LogP contribution in [0, 0.1) is 5.82 Å². The summed E-state index contributed by atoms with van der Waals surface area (Å²) in [5, 5.41) is 12.7. The largest absolute Gasteiger partial charge is 0.389 e. The van der Waals surface area contributed by atoms with Gasteiger partial charge in [0.1, 0.15) is 5.82 Å². The Morgan fingerprint density at radius 2 is 2.07 bits per heavy atom. The van der Waals surface area contributed by atoms with E-state index in [0.717, 1.165) is 0 Å². The Morgan fingerprint density at radius 3 is 2.64 bits per heavy atom. The van der Waals surface area contributed by atoms with Gasteiger partial charge in [-0.1, -0.05) is 18.2 Å². The van der Waals surface area contributed by atoms with Crippen LogP contribution < -0.4 is 5.32 Å². The minimum absolute atomic E-state index is 0.260. The van der Waals surface area contributed by atoms with Gasteiger partial charge in [-0.05, 0) is 25.6 Å². The van der Waals surface area contributed by atoms with Gasteiger partial charge in [0, 0.05) is 13.0 Å². The highest BCUT2D eigenvalue weighted by Crippen LogP contribution is 2.15. The van der Waals surface area contributed by atoms with Crippen LogP contribution in [-0.4, -0.2) is 24.3 Å². The first-order valence-electron chi connectivity index (χ1n) is 4.65. The van der Waals surface area contributed by atoms with Crippen molar-refractivity contribution in [3.63, 3.8) is 0 Å². The molecule has 0 amide bonds. The van der Waals surface area contributed by atoms with E-state index in [-0.39, 0.29) is 5.82 Å². The quantitative estimate of drug-likeness (QED) is 0.763. The first-order valence-corrected chi connectivity index (χ1v) is 4.65. The molecule has 1 rings (SSSR count). The Hall–Kier alpha value is -0.930. The number of likely N-dealkylation sites (N-methyl/N-ethyl adjacent to an activating group) is 1. The van der Waals surface area contributed by atoms with E-state index in [4.69, 9.17) is 0 Å². The van der Waals surface area contributed by atoms with Crippen molar-refractivity contribution in [1.29, 1.82) is 0 Å². The van der Waals surface area contributed by atoms with E-state index < -0.39 is 5.60 Å². The zero-order valence-electron chi connectivity index (χ0n) is 8.55. The molecule has 0 radical (unpaired) electrons. The first-order chi connectivity index (χ1) is 6.55. The van der Waals surface area contributed by atoms with Crippen LogP contribution in [0.5, 0.6) is 0 Å². The fourth-order valence-electron chi connectivity index (χ4n) is 1.50. The van der Waals surface area contributed by atoms with Gasteiger partial charge in [0.2, 0.25) is 0 Å². The summed E-state index contributed by atoms with van der Waals surface area (Å²) >= 11 is 0. The normalized spacial score (nSPS) is 15.1. The molecule has 14 heavy (non-hydrogen) atoms. The van der Waals surface area contributed by atoms with Crippen LogP contribution in [0.25, 0.3) is 0 Å². The second-order valence-electron chi connectivity index (χ2n) is 3.80. The number of hydrogen-bond acceptors (Lipinski definition) is 2. The van der Waals surface area contributed by atoms with Crippen molar-refractivity contribution in [2.24, 2.45) is 0 Å². The van der Waals surface area contributed by atoms with E-state index in [1.165, 1.54) is 6.07 Å². The van der Waals surface area contributed by atoms with E-state index in [1.807, 2.05) is 0 Å². The maximum absolute atomic E-state index is 13.2. The van der Waals surface area contributed by atoms with Crippen LogP contribution >= 0.6 is 0 Å². The van der Waals surface area contributed by atoms with Crippen LogP contribution in [0.1, 0.15) is 12.5 Å². The van der Waals surface area contributed by atoms with Gasteiger partial charge in [-0.25, -0.2) is 4.39 Å². The second kappa shape index (κ2) is 4.53. The predicted octanol–water partition coefficient (Wildman–Crippen LogP) is 1.34. The molecule has 0 aromatic heterocycles. The Morgan fingerprint density at radius 1 is 1.43 bits per heavy atom. The highest BCUT2D eigenvalue weighted by Gasteiger charge is 2.21. The smallest absolute Gasteiger partial charge is 0.126 e. The Labute approximate surface area is 83.8 Å². The summed E-state index contributed by atoms with van der Waals surface area (Å²) in [6.45, 7) is 2.14. The summed E-state index contributed by atoms with van der Waals surface area (Å²) in [5.74, 6) is -0.260. The maximum Gasteiger partial charge on any atom is 0.126 e. The second-order valence-corrected chi connectivity index (χ2v) is 3.80. The van der Waals surface area contributed by atoms with Gasteiger partial charge < -0.3 is 10.4 Å². The van der Waals surface area contributed by atoms with Gasteiger partial charge in [-0.2, -0.15) is 0 Å². The van der Waals surface area contributed by atoms with Crippen molar-refractivity contribution < 1.29 is 9.50 Å². The van der Waals surface area contributed by atoms with Gasteiger partial charge in [-0.3, -0.25) is 0 Å². The van der Waals surface area contributed by atoms with Crippen LogP contribution in [-0.2, 0) is 6.42 Å². The van der Waals surface area contributed by atoms with Gasteiger partial charge in [0.15, 0.2) is 0 Å². The molecule has 1 atom stereocenters. The van der Waals surface area contributed by atoms with Crippen molar-refractivity contribution in [2.45, 2.75) is 18.9 Å². The highest BCUT2D eigenvalue weighted by molar-refractivity contribution is 5.19. The van der Waals surface area contributed by atoms with Gasteiger partial charge >= 0.3 is 0 Å². The lowest BCUT2D eigenvalue weighted by Gasteiger charge is -2.23. The molecule has 1 unspecified atom stereocenters. The zero-order valence-corrected chi connectivity index (χ0v) is 8.55. The molecule has 0 heterocycles. The van der Waals surface area contributed by atoms with Crippen molar-refractivity contribution in [3.8, 4) is 0 Å². The number of aliphatic hydroxyl groups is 1. The average Bonchev–Trinajstić information content (AvgIpc) is 2.08. The van der Waals surface area contributed by atoms with Crippen molar-refractivity contribution >= 4 is 0 Å². The lowest BCUT2D eigenvalue weighted by atomic mass is 9.96. The number of hydrogen-bond donors (Lipinski definition) is 2. The molecular weight excluding hydrogens is 181 g/mol. The molecule has 78 valence electrons. The third-order valence-electron chi connectivity index (χ3n) is 2.09. The van der Waals surface area contributed by atoms with E-state index in [9.17, 15) is 9.50 Å². The molecule has 0 saturated carbocycles. The molecule has 0 aliphatic carbocycles. The highest BCUT2D eigenvalue weighted by atomic mass is 19.1. The topological polar surface area (TPSA) is 32.3 Å². The Bertz CT molecular complexity index is 299. The molecule has 2 N–H and O–H groups in total. The average molecular weight is 197 g/mol. The number of benzene rings is 1. The van der Waals surface area contributed by atoms with Gasteiger partial charge in [-0.15, -0.1) is 0 Å². The number of nitrogens with one attached hydrogen (secondary N) is 1. The molecule has 0 saturated heterocycles. The standard InChI is InChI=1S/C11H16FNO/c1-11(14,8-13-2)7-9-5-3-4-6-10(9)12/h3-6,13-14H,7-8H2,1-2H3. The van der Waals surface area contributed by atoms with Crippen molar-refractivity contribution in [3.05, 3.63) is 35.6 Å². The van der Waals surface area contributed by atoms with Crippen molar-refractivity contribution in [2.75, 3.05) is 13.6 Å². The zero-order chi connectivity index (χ0) is 10.6. The Kier molecular flexibility index (Phi) is 3.61. The molecule has 0 fully saturated rings. The third-order valence-corrected chi connectivity index (χ3v) is 2.09. The van der Waals surface area contributed by atoms with E-state index in [0.29, 0.717) is 18.5 Å². The molecule has 0 aliphatic rings. The molecule has 0 bridgehead atoms. The van der Waals surface area contributed by atoms with Crippen LogP contribution in [0.3, 0.4) is 0 Å². The van der Waals surface area contributed by atoms with Gasteiger partial charge in [0.25, 0.3) is 0 Å². The minimum Gasteiger partial charge on any atom is -0.389 e. The summed E-state index contributed by atoms with van der Waals surface area (Å²) in [6, 6.07) is 6.52. The minimum atomic E-state index is -0.906. The molecular formula is C11H16FNO. The molecule has 2 nitrogen and oxygen atoms in total. The Balaban J connectivity index is 2.73. The lowest BCUT2D eigenvalue weighted by Crippen LogP contribution is -2.38. The fraction of sp³-hybridized carbons (Fsp3) is 0.455. The summed E-state index contributed by atoms with van der Waals surface area (Å²) in [5.41, 5.74) is -0.357. The van der Waals surface area contributed by atoms with E-state index in [1.54, 1.807) is 32.2 Å². The third kappa shape index (κ3) is 3.09. The lowest BCUT2D eigenvalue weighted by molar-refractivity contribution is 0.0614. The monoisotopic (exact) mass is 197 g/mol.